The molecule has 0 aromatic carbocycles. The molecule has 8 heteroatoms. The smallest absolute Gasteiger partial charge is 0.265 e. The van der Waals surface area contributed by atoms with Crippen molar-refractivity contribution in [1.29, 1.82) is 0 Å². The Morgan fingerprint density at radius 1 is 1.39 bits per heavy atom. The molecule has 0 aliphatic rings. The second kappa shape index (κ2) is 4.69. The maximum absolute atomic E-state index is 12.2. The number of hydrogen-bond acceptors (Lipinski definition) is 4. The van der Waals surface area contributed by atoms with Crippen LogP contribution in [0.15, 0.2) is 27.8 Å². The van der Waals surface area contributed by atoms with Gasteiger partial charge in [-0.2, -0.15) is 5.10 Å². The van der Waals surface area contributed by atoms with E-state index in [1.165, 1.54) is 0 Å². The Labute approximate surface area is 113 Å². The minimum Gasteiger partial charge on any atom is -0.281 e. The molecule has 0 fully saturated rings. The molecule has 18 heavy (non-hydrogen) atoms. The van der Waals surface area contributed by atoms with E-state index in [-0.39, 0.29) is 4.90 Å². The summed E-state index contributed by atoms with van der Waals surface area (Å²) in [6.07, 6.45) is 1.57. The van der Waals surface area contributed by atoms with Gasteiger partial charge in [0.25, 0.3) is 10.0 Å². The number of aryl methyl sites for hydroxylation is 2. The summed E-state index contributed by atoms with van der Waals surface area (Å²) in [5, 5.41) is 6.52. The zero-order valence-corrected chi connectivity index (χ0v) is 12.1. The molecular weight excluding hydrogens is 320 g/mol. The average Bonchev–Trinajstić information content (AvgIpc) is 2.62. The first-order chi connectivity index (χ1) is 8.42. The predicted molar refractivity (Wildman–Crippen MR) is 70.8 cm³/mol. The van der Waals surface area contributed by atoms with Crippen molar-refractivity contribution in [3.05, 3.63) is 34.3 Å². The predicted octanol–water partition coefficient (Wildman–Crippen LogP) is 1.98. The van der Waals surface area contributed by atoms with E-state index in [9.17, 15) is 8.42 Å². The summed E-state index contributed by atoms with van der Waals surface area (Å²) in [7, 11) is -3.67. The van der Waals surface area contributed by atoms with E-state index in [1.54, 1.807) is 32.2 Å². The van der Waals surface area contributed by atoms with Gasteiger partial charge in [0.05, 0.1) is 17.1 Å². The van der Waals surface area contributed by atoms with Gasteiger partial charge in [-0.15, -0.1) is 0 Å². The SMILES string of the molecule is Cc1n[nH]c(C)c1S(=O)(=O)Nc1cccnc1Br. The molecule has 0 saturated heterocycles. The lowest BCUT2D eigenvalue weighted by molar-refractivity contribution is 0.600. The van der Waals surface area contributed by atoms with Crippen LogP contribution in [0.5, 0.6) is 0 Å². The third-order valence-electron chi connectivity index (χ3n) is 2.33. The quantitative estimate of drug-likeness (QED) is 0.842. The molecule has 0 aliphatic heterocycles. The minimum absolute atomic E-state index is 0.165. The van der Waals surface area contributed by atoms with Gasteiger partial charge in [0.1, 0.15) is 9.50 Å². The van der Waals surface area contributed by atoms with Crippen molar-refractivity contribution in [2.45, 2.75) is 18.7 Å². The molecule has 0 saturated carbocycles. The van der Waals surface area contributed by atoms with Crippen LogP contribution < -0.4 is 4.72 Å². The minimum atomic E-state index is -3.67. The normalized spacial score (nSPS) is 11.5. The zero-order chi connectivity index (χ0) is 13.3. The van der Waals surface area contributed by atoms with Crippen molar-refractivity contribution in [2.24, 2.45) is 0 Å². The summed E-state index contributed by atoms with van der Waals surface area (Å²) >= 11 is 3.19. The molecule has 0 amide bonds. The lowest BCUT2D eigenvalue weighted by Gasteiger charge is -2.08. The third kappa shape index (κ3) is 2.39. The lowest BCUT2D eigenvalue weighted by atomic mass is 10.4. The van der Waals surface area contributed by atoms with Crippen LogP contribution in [0.1, 0.15) is 11.4 Å². The number of aromatic nitrogens is 3. The second-order valence-electron chi connectivity index (χ2n) is 3.71. The van der Waals surface area contributed by atoms with Crippen LogP contribution in [0.3, 0.4) is 0 Å². The van der Waals surface area contributed by atoms with Crippen LogP contribution in [0.25, 0.3) is 0 Å². The average molecular weight is 331 g/mol. The molecule has 0 unspecified atom stereocenters. The standard InChI is InChI=1S/C10H11BrN4O2S/c1-6-9(7(2)14-13-6)18(16,17)15-8-4-3-5-12-10(8)11/h3-5,15H,1-2H3,(H,13,14). The fourth-order valence-corrected chi connectivity index (χ4v) is 3.51. The molecular formula is C10H11BrN4O2S. The monoisotopic (exact) mass is 330 g/mol. The van der Waals surface area contributed by atoms with E-state index in [2.05, 4.69) is 35.8 Å². The molecule has 2 heterocycles. The molecule has 2 N–H and O–H groups in total. The van der Waals surface area contributed by atoms with Crippen molar-refractivity contribution >= 4 is 31.6 Å². The van der Waals surface area contributed by atoms with E-state index >= 15 is 0 Å². The Kier molecular flexibility index (Phi) is 3.40. The Bertz CT molecular complexity index is 661. The zero-order valence-electron chi connectivity index (χ0n) is 9.73. The first-order valence-electron chi connectivity index (χ1n) is 5.06. The summed E-state index contributed by atoms with van der Waals surface area (Å²) in [6.45, 7) is 3.29. The molecule has 6 nitrogen and oxygen atoms in total. The fraction of sp³-hybridized carbons (Fsp3) is 0.200. The largest absolute Gasteiger partial charge is 0.281 e. The number of aromatic amines is 1. The van der Waals surface area contributed by atoms with E-state index in [0.717, 1.165) is 0 Å². The number of anilines is 1. The highest BCUT2D eigenvalue weighted by Gasteiger charge is 2.23. The van der Waals surface area contributed by atoms with Crippen molar-refractivity contribution in [3.8, 4) is 0 Å². The molecule has 96 valence electrons. The van der Waals surface area contributed by atoms with Crippen molar-refractivity contribution in [1.82, 2.24) is 15.2 Å². The van der Waals surface area contributed by atoms with Gasteiger partial charge in [-0.3, -0.25) is 9.82 Å². The molecule has 2 rings (SSSR count). The van der Waals surface area contributed by atoms with Crippen LogP contribution in [-0.2, 0) is 10.0 Å². The van der Waals surface area contributed by atoms with Gasteiger partial charge in [0, 0.05) is 6.20 Å². The first-order valence-corrected chi connectivity index (χ1v) is 7.34. The van der Waals surface area contributed by atoms with E-state index < -0.39 is 10.0 Å². The van der Waals surface area contributed by atoms with Gasteiger partial charge in [-0.05, 0) is 41.9 Å². The van der Waals surface area contributed by atoms with E-state index in [0.29, 0.717) is 21.7 Å². The third-order valence-corrected chi connectivity index (χ3v) is 4.59. The molecule has 0 radical (unpaired) electrons. The van der Waals surface area contributed by atoms with E-state index in [4.69, 9.17) is 0 Å². The Morgan fingerprint density at radius 3 is 2.67 bits per heavy atom. The summed E-state index contributed by atoms with van der Waals surface area (Å²) < 4.78 is 27.4. The number of nitrogens with zero attached hydrogens (tertiary/aromatic N) is 2. The molecule has 0 aliphatic carbocycles. The van der Waals surface area contributed by atoms with Gasteiger partial charge in [-0.25, -0.2) is 13.4 Å². The van der Waals surface area contributed by atoms with Crippen LogP contribution in [0, 0.1) is 13.8 Å². The van der Waals surface area contributed by atoms with Gasteiger partial charge < -0.3 is 0 Å². The summed E-state index contributed by atoms with van der Waals surface area (Å²) in [5.41, 5.74) is 1.32. The number of rotatable bonds is 3. The second-order valence-corrected chi connectivity index (χ2v) is 6.08. The molecule has 0 spiro atoms. The number of halogens is 1. The fourth-order valence-electron chi connectivity index (χ4n) is 1.59. The van der Waals surface area contributed by atoms with Crippen molar-refractivity contribution < 1.29 is 8.42 Å². The maximum Gasteiger partial charge on any atom is 0.265 e. The highest BCUT2D eigenvalue weighted by molar-refractivity contribution is 9.10. The summed E-state index contributed by atoms with van der Waals surface area (Å²) in [5.74, 6) is 0. The highest BCUT2D eigenvalue weighted by atomic mass is 79.9. The van der Waals surface area contributed by atoms with Crippen molar-refractivity contribution in [2.75, 3.05) is 4.72 Å². The van der Waals surface area contributed by atoms with Gasteiger partial charge in [-0.1, -0.05) is 0 Å². The van der Waals surface area contributed by atoms with Crippen LogP contribution in [0.2, 0.25) is 0 Å². The van der Waals surface area contributed by atoms with E-state index in [1.807, 2.05) is 0 Å². The summed E-state index contributed by atoms with van der Waals surface area (Å²) in [4.78, 5) is 4.12. The lowest BCUT2D eigenvalue weighted by Crippen LogP contribution is -2.15. The number of hydrogen-bond donors (Lipinski definition) is 2. The number of nitrogens with one attached hydrogen (secondary N) is 2. The summed E-state index contributed by atoms with van der Waals surface area (Å²) in [6, 6.07) is 3.27. The number of pyridine rings is 1. The topological polar surface area (TPSA) is 87.7 Å². The Balaban J connectivity index is 2.43. The molecule has 2 aromatic rings. The molecule has 0 atom stereocenters. The number of H-pyrrole nitrogens is 1. The highest BCUT2D eigenvalue weighted by Crippen LogP contribution is 2.24. The maximum atomic E-state index is 12.2. The van der Waals surface area contributed by atoms with Crippen LogP contribution in [-0.4, -0.2) is 23.6 Å². The van der Waals surface area contributed by atoms with Crippen LogP contribution >= 0.6 is 15.9 Å². The van der Waals surface area contributed by atoms with Crippen molar-refractivity contribution in [3.63, 3.8) is 0 Å². The Morgan fingerprint density at radius 2 is 2.11 bits per heavy atom. The molecule has 2 aromatic heterocycles. The van der Waals surface area contributed by atoms with Crippen LogP contribution in [0.4, 0.5) is 5.69 Å². The Hall–Kier alpha value is -1.41. The number of sulfonamides is 1. The first kappa shape index (κ1) is 13.0. The molecule has 0 bridgehead atoms. The van der Waals surface area contributed by atoms with Gasteiger partial charge in [0.2, 0.25) is 0 Å². The van der Waals surface area contributed by atoms with Gasteiger partial charge in [0.15, 0.2) is 0 Å². The van der Waals surface area contributed by atoms with Gasteiger partial charge >= 0.3 is 0 Å².